The zero-order valence-electron chi connectivity index (χ0n) is 13.2. The smallest absolute Gasteiger partial charge is 0.225 e. The fourth-order valence-corrected chi connectivity index (χ4v) is 2.76. The van der Waals surface area contributed by atoms with Crippen molar-refractivity contribution < 1.29 is 14.3 Å². The van der Waals surface area contributed by atoms with E-state index in [1.165, 1.54) is 6.92 Å². The Hall–Kier alpha value is -1.95. The molecule has 1 aliphatic rings. The third-order valence-corrected chi connectivity index (χ3v) is 3.84. The Balaban J connectivity index is 2.07. The van der Waals surface area contributed by atoms with Gasteiger partial charge in [-0.05, 0) is 30.5 Å². The predicted octanol–water partition coefficient (Wildman–Crippen LogP) is 1.42. The Morgan fingerprint density at radius 3 is 3.05 bits per heavy atom. The van der Waals surface area contributed by atoms with Gasteiger partial charge in [0.15, 0.2) is 0 Å². The van der Waals surface area contributed by atoms with Crippen molar-refractivity contribution in [3.8, 4) is 0 Å². The number of nitrogens with one attached hydrogen (secondary N) is 1. The Labute approximate surface area is 130 Å². The summed E-state index contributed by atoms with van der Waals surface area (Å²) in [6, 6.07) is 4.02. The van der Waals surface area contributed by atoms with Gasteiger partial charge in [0.2, 0.25) is 11.8 Å². The van der Waals surface area contributed by atoms with Crippen molar-refractivity contribution in [3.05, 3.63) is 29.6 Å². The molecule has 0 radical (unpaired) electrons. The zero-order chi connectivity index (χ0) is 15.9. The van der Waals surface area contributed by atoms with Crippen molar-refractivity contribution in [2.24, 2.45) is 0 Å². The van der Waals surface area contributed by atoms with E-state index in [4.69, 9.17) is 4.74 Å². The largest absolute Gasteiger partial charge is 0.384 e. The number of hydrogen-bond donors (Lipinski definition) is 1. The van der Waals surface area contributed by atoms with Gasteiger partial charge in [-0.2, -0.15) is 0 Å². The lowest BCUT2D eigenvalue weighted by atomic mass is 10.0. The number of rotatable bonds is 6. The average molecular weight is 305 g/mol. The molecule has 0 bridgehead atoms. The van der Waals surface area contributed by atoms with Crippen LogP contribution in [-0.2, 0) is 20.9 Å². The van der Waals surface area contributed by atoms with Crippen molar-refractivity contribution in [2.75, 3.05) is 20.3 Å². The van der Waals surface area contributed by atoms with Crippen LogP contribution in [0.25, 0.3) is 0 Å². The number of carbonyl (C=O) groups is 2. The molecule has 0 saturated carbocycles. The Bertz CT molecular complexity index is 533. The molecule has 1 saturated heterocycles. The summed E-state index contributed by atoms with van der Waals surface area (Å²) in [6.45, 7) is 3.13. The minimum absolute atomic E-state index is 0.0792. The third kappa shape index (κ3) is 4.27. The van der Waals surface area contributed by atoms with E-state index in [-0.39, 0.29) is 17.9 Å². The van der Waals surface area contributed by atoms with Gasteiger partial charge in [-0.15, -0.1) is 0 Å². The molecule has 0 aromatic carbocycles. The van der Waals surface area contributed by atoms with Crippen LogP contribution in [0.3, 0.4) is 0 Å². The lowest BCUT2D eigenvalue weighted by molar-refractivity contribution is -0.133. The number of pyridine rings is 1. The fraction of sp³-hybridized carbons (Fsp3) is 0.562. The number of hydrogen-bond acceptors (Lipinski definition) is 4. The maximum absolute atomic E-state index is 12.3. The monoisotopic (exact) mass is 305 g/mol. The van der Waals surface area contributed by atoms with Crippen molar-refractivity contribution in [2.45, 2.75) is 38.8 Å². The van der Waals surface area contributed by atoms with Gasteiger partial charge in [-0.1, -0.05) is 0 Å². The molecule has 2 heterocycles. The highest BCUT2D eigenvalue weighted by atomic mass is 16.5. The zero-order valence-corrected chi connectivity index (χ0v) is 13.2. The van der Waals surface area contributed by atoms with E-state index in [0.29, 0.717) is 19.6 Å². The molecule has 6 heteroatoms. The number of methoxy groups -OCH3 is 1. The number of carbonyl (C=O) groups excluding carboxylic acids is 2. The molecule has 1 aliphatic heterocycles. The molecule has 0 spiro atoms. The van der Waals surface area contributed by atoms with Crippen molar-refractivity contribution >= 4 is 11.8 Å². The molecule has 120 valence electrons. The van der Waals surface area contributed by atoms with Crippen LogP contribution >= 0.6 is 0 Å². The summed E-state index contributed by atoms with van der Waals surface area (Å²) in [5.74, 6) is 0.0500. The Morgan fingerprint density at radius 2 is 2.32 bits per heavy atom. The fourth-order valence-electron chi connectivity index (χ4n) is 2.76. The second-order valence-electron chi connectivity index (χ2n) is 5.48. The minimum atomic E-state index is -0.0792. The summed E-state index contributed by atoms with van der Waals surface area (Å²) in [7, 11) is 1.60. The molecule has 0 aliphatic carbocycles. The second kappa shape index (κ2) is 7.89. The Morgan fingerprint density at radius 1 is 1.50 bits per heavy atom. The summed E-state index contributed by atoms with van der Waals surface area (Å²) in [5, 5.41) is 2.74. The molecule has 6 nitrogen and oxygen atoms in total. The SMILES string of the molecule is COCCC(=O)N1CCC[C@H]1c1ccnc(CNC(C)=O)c1. The summed E-state index contributed by atoms with van der Waals surface area (Å²) in [4.78, 5) is 29.4. The lowest BCUT2D eigenvalue weighted by Gasteiger charge is -2.25. The summed E-state index contributed by atoms with van der Waals surface area (Å²) in [5.41, 5.74) is 1.89. The van der Waals surface area contributed by atoms with E-state index < -0.39 is 0 Å². The first kappa shape index (κ1) is 16.4. The van der Waals surface area contributed by atoms with E-state index in [0.717, 1.165) is 30.6 Å². The van der Waals surface area contributed by atoms with Crippen LogP contribution < -0.4 is 5.32 Å². The Kier molecular flexibility index (Phi) is 5.89. The molecular weight excluding hydrogens is 282 g/mol. The van der Waals surface area contributed by atoms with E-state index in [2.05, 4.69) is 10.3 Å². The lowest BCUT2D eigenvalue weighted by Crippen LogP contribution is -2.31. The maximum Gasteiger partial charge on any atom is 0.225 e. The molecule has 2 rings (SSSR count). The van der Waals surface area contributed by atoms with Gasteiger partial charge in [0.25, 0.3) is 0 Å². The number of nitrogens with zero attached hydrogens (tertiary/aromatic N) is 2. The normalized spacial score (nSPS) is 17.5. The number of ether oxygens (including phenoxy) is 1. The van der Waals surface area contributed by atoms with E-state index in [1.807, 2.05) is 17.0 Å². The molecule has 1 fully saturated rings. The van der Waals surface area contributed by atoms with E-state index in [1.54, 1.807) is 13.3 Å². The molecular formula is C16H23N3O3. The van der Waals surface area contributed by atoms with Crippen LogP contribution in [0.2, 0.25) is 0 Å². The minimum Gasteiger partial charge on any atom is -0.384 e. The second-order valence-corrected chi connectivity index (χ2v) is 5.48. The first-order valence-corrected chi connectivity index (χ1v) is 7.59. The maximum atomic E-state index is 12.3. The first-order chi connectivity index (χ1) is 10.6. The van der Waals surface area contributed by atoms with Gasteiger partial charge in [0.1, 0.15) is 0 Å². The highest BCUT2D eigenvalue weighted by molar-refractivity contribution is 5.77. The standard InChI is InChI=1S/C16H23N3O3/c1-12(20)18-11-14-10-13(5-7-17-14)15-4-3-8-19(15)16(21)6-9-22-2/h5,7,10,15H,3-4,6,8-9,11H2,1-2H3,(H,18,20)/t15-/m0/s1. The number of aromatic nitrogens is 1. The van der Waals surface area contributed by atoms with E-state index in [9.17, 15) is 9.59 Å². The van der Waals surface area contributed by atoms with Crippen LogP contribution in [-0.4, -0.2) is 42.0 Å². The summed E-state index contributed by atoms with van der Waals surface area (Å²) < 4.78 is 4.99. The third-order valence-electron chi connectivity index (χ3n) is 3.84. The molecule has 0 unspecified atom stereocenters. The van der Waals surface area contributed by atoms with Crippen molar-refractivity contribution in [1.29, 1.82) is 0 Å². The van der Waals surface area contributed by atoms with Gasteiger partial charge < -0.3 is 15.0 Å². The van der Waals surface area contributed by atoms with Gasteiger partial charge in [-0.3, -0.25) is 14.6 Å². The number of amides is 2. The van der Waals surface area contributed by atoms with Gasteiger partial charge in [0, 0.05) is 26.8 Å². The summed E-state index contributed by atoms with van der Waals surface area (Å²) >= 11 is 0. The van der Waals surface area contributed by atoms with Crippen LogP contribution in [0.4, 0.5) is 0 Å². The topological polar surface area (TPSA) is 71.5 Å². The first-order valence-electron chi connectivity index (χ1n) is 7.59. The van der Waals surface area contributed by atoms with Gasteiger partial charge >= 0.3 is 0 Å². The molecule has 1 atom stereocenters. The molecule has 22 heavy (non-hydrogen) atoms. The number of likely N-dealkylation sites (tertiary alicyclic amines) is 1. The highest BCUT2D eigenvalue weighted by Gasteiger charge is 2.29. The highest BCUT2D eigenvalue weighted by Crippen LogP contribution is 2.32. The van der Waals surface area contributed by atoms with E-state index >= 15 is 0 Å². The molecule has 2 amide bonds. The van der Waals surface area contributed by atoms with Gasteiger partial charge in [-0.25, -0.2) is 0 Å². The molecule has 1 N–H and O–H groups in total. The van der Waals surface area contributed by atoms with Gasteiger partial charge in [0.05, 0.1) is 31.3 Å². The van der Waals surface area contributed by atoms with Crippen LogP contribution in [0.1, 0.15) is 43.5 Å². The quantitative estimate of drug-likeness (QED) is 0.863. The molecule has 1 aromatic heterocycles. The average Bonchev–Trinajstić information content (AvgIpc) is 3.00. The summed E-state index contributed by atoms with van der Waals surface area (Å²) in [6.07, 6.45) is 4.12. The van der Waals surface area contributed by atoms with Crippen LogP contribution in [0.15, 0.2) is 18.3 Å². The predicted molar refractivity (Wildman–Crippen MR) is 81.9 cm³/mol. The molecule has 1 aromatic rings. The van der Waals surface area contributed by atoms with Crippen molar-refractivity contribution in [1.82, 2.24) is 15.2 Å². The van der Waals surface area contributed by atoms with Crippen LogP contribution in [0.5, 0.6) is 0 Å². The van der Waals surface area contributed by atoms with Crippen molar-refractivity contribution in [3.63, 3.8) is 0 Å². The van der Waals surface area contributed by atoms with Crippen LogP contribution in [0, 0.1) is 0 Å².